The molecule has 3 rings (SSSR count). The zero-order chi connectivity index (χ0) is 12.7. The van der Waals surface area contributed by atoms with Crippen LogP contribution < -0.4 is 5.73 Å². The number of rotatable bonds is 3. The Balaban J connectivity index is 2.07. The zero-order valence-electron chi connectivity index (χ0n) is 10.1. The summed E-state index contributed by atoms with van der Waals surface area (Å²) in [6.45, 7) is 1.94. The van der Waals surface area contributed by atoms with Crippen molar-refractivity contribution < 1.29 is 0 Å². The number of pyridine rings is 1. The Morgan fingerprint density at radius 1 is 1.39 bits per heavy atom. The van der Waals surface area contributed by atoms with E-state index in [1.807, 2.05) is 31.3 Å². The predicted molar refractivity (Wildman–Crippen MR) is 74.0 cm³/mol. The highest BCUT2D eigenvalue weighted by molar-refractivity contribution is 7.80. The molecule has 1 fully saturated rings. The third-order valence-corrected chi connectivity index (χ3v) is 3.32. The molecule has 0 aromatic carbocycles. The number of thiocarbonyl (C=S) groups is 1. The van der Waals surface area contributed by atoms with Crippen molar-refractivity contribution in [1.82, 2.24) is 14.8 Å². The number of nitrogens with two attached hydrogens (primary N) is 1. The fraction of sp³-hybridized carbons (Fsp3) is 0.308. The number of hydrogen-bond acceptors (Lipinski definition) is 3. The van der Waals surface area contributed by atoms with Crippen LogP contribution in [-0.2, 0) is 0 Å². The molecule has 0 bridgehead atoms. The van der Waals surface area contributed by atoms with Crippen molar-refractivity contribution in [2.75, 3.05) is 0 Å². The molecule has 1 aliphatic rings. The Morgan fingerprint density at radius 2 is 2.17 bits per heavy atom. The Morgan fingerprint density at radius 3 is 2.83 bits per heavy atom. The normalized spacial score (nSPS) is 14.7. The molecule has 1 aliphatic carbocycles. The van der Waals surface area contributed by atoms with Crippen molar-refractivity contribution in [3.8, 4) is 5.82 Å². The van der Waals surface area contributed by atoms with E-state index in [1.54, 1.807) is 4.68 Å². The minimum atomic E-state index is 0.348. The molecule has 0 atom stereocenters. The second-order valence-corrected chi connectivity index (χ2v) is 5.09. The zero-order valence-corrected chi connectivity index (χ0v) is 10.9. The van der Waals surface area contributed by atoms with Crippen molar-refractivity contribution in [2.24, 2.45) is 5.73 Å². The molecule has 0 unspecified atom stereocenters. The molecule has 0 aliphatic heterocycles. The Hall–Kier alpha value is -1.75. The van der Waals surface area contributed by atoms with Gasteiger partial charge in [0, 0.05) is 17.8 Å². The number of hydrogen-bond donors (Lipinski definition) is 1. The van der Waals surface area contributed by atoms with Gasteiger partial charge in [-0.3, -0.25) is 0 Å². The van der Waals surface area contributed by atoms with E-state index < -0.39 is 0 Å². The SMILES string of the molecule is Cc1ccc(C(N)=S)c(-n2ccc(C3CC3)n2)n1. The average molecular weight is 258 g/mol. The van der Waals surface area contributed by atoms with E-state index in [2.05, 4.69) is 10.1 Å². The van der Waals surface area contributed by atoms with Crippen LogP contribution in [0, 0.1) is 6.92 Å². The minimum Gasteiger partial charge on any atom is -0.389 e. The van der Waals surface area contributed by atoms with Crippen LogP contribution in [0.3, 0.4) is 0 Å². The molecule has 0 spiro atoms. The van der Waals surface area contributed by atoms with E-state index in [9.17, 15) is 0 Å². The summed E-state index contributed by atoms with van der Waals surface area (Å²) in [5.41, 5.74) is 8.55. The second kappa shape index (κ2) is 4.17. The molecule has 2 N–H and O–H groups in total. The first-order chi connectivity index (χ1) is 8.65. The summed E-state index contributed by atoms with van der Waals surface area (Å²) in [6, 6.07) is 5.85. The average Bonchev–Trinajstić information content (AvgIpc) is 3.07. The third-order valence-electron chi connectivity index (χ3n) is 3.10. The Labute approximate surface area is 111 Å². The lowest BCUT2D eigenvalue weighted by molar-refractivity contribution is 0.807. The van der Waals surface area contributed by atoms with E-state index >= 15 is 0 Å². The van der Waals surface area contributed by atoms with E-state index in [1.165, 1.54) is 12.8 Å². The number of aromatic nitrogens is 3. The van der Waals surface area contributed by atoms with Crippen LogP contribution in [0.1, 0.15) is 35.7 Å². The van der Waals surface area contributed by atoms with Gasteiger partial charge in [-0.1, -0.05) is 12.2 Å². The number of aryl methyl sites for hydroxylation is 1. The smallest absolute Gasteiger partial charge is 0.163 e. The quantitative estimate of drug-likeness (QED) is 0.856. The second-order valence-electron chi connectivity index (χ2n) is 4.65. The van der Waals surface area contributed by atoms with Crippen LogP contribution in [0.25, 0.3) is 5.82 Å². The fourth-order valence-corrected chi connectivity index (χ4v) is 2.12. The summed E-state index contributed by atoms with van der Waals surface area (Å²) in [5.74, 6) is 1.35. The van der Waals surface area contributed by atoms with Gasteiger partial charge in [0.25, 0.3) is 0 Å². The van der Waals surface area contributed by atoms with Gasteiger partial charge in [0.2, 0.25) is 0 Å². The Bertz CT molecular complexity index is 613. The maximum atomic E-state index is 5.73. The monoisotopic (exact) mass is 258 g/mol. The molecular formula is C13H14N4S. The number of nitrogens with zero attached hydrogens (tertiary/aromatic N) is 3. The van der Waals surface area contributed by atoms with Crippen molar-refractivity contribution in [3.63, 3.8) is 0 Å². The molecule has 0 saturated heterocycles. The lowest BCUT2D eigenvalue weighted by Gasteiger charge is -2.08. The molecule has 0 radical (unpaired) electrons. The van der Waals surface area contributed by atoms with E-state index in [0.717, 1.165) is 22.8 Å². The van der Waals surface area contributed by atoms with Crippen molar-refractivity contribution >= 4 is 17.2 Å². The molecule has 2 aromatic heterocycles. The van der Waals surface area contributed by atoms with Crippen LogP contribution in [0.2, 0.25) is 0 Å². The minimum absolute atomic E-state index is 0.348. The molecule has 2 aromatic rings. The van der Waals surface area contributed by atoms with Crippen molar-refractivity contribution in [2.45, 2.75) is 25.7 Å². The van der Waals surface area contributed by atoms with Crippen LogP contribution in [0.4, 0.5) is 0 Å². The summed E-state index contributed by atoms with van der Waals surface area (Å²) in [5, 5.41) is 4.57. The maximum Gasteiger partial charge on any atom is 0.163 e. The largest absolute Gasteiger partial charge is 0.389 e. The highest BCUT2D eigenvalue weighted by atomic mass is 32.1. The molecule has 5 heteroatoms. The van der Waals surface area contributed by atoms with Gasteiger partial charge in [0.15, 0.2) is 5.82 Å². The summed E-state index contributed by atoms with van der Waals surface area (Å²) in [6.07, 6.45) is 4.40. The first-order valence-electron chi connectivity index (χ1n) is 5.98. The Kier molecular flexibility index (Phi) is 2.63. The topological polar surface area (TPSA) is 56.7 Å². The van der Waals surface area contributed by atoms with Gasteiger partial charge < -0.3 is 5.73 Å². The van der Waals surface area contributed by atoms with Crippen molar-refractivity contribution in [1.29, 1.82) is 0 Å². The summed E-state index contributed by atoms with van der Waals surface area (Å²) < 4.78 is 1.77. The van der Waals surface area contributed by atoms with Gasteiger partial charge in [0.1, 0.15) is 4.99 Å². The highest BCUT2D eigenvalue weighted by Crippen LogP contribution is 2.39. The molecule has 2 heterocycles. The van der Waals surface area contributed by atoms with Crippen LogP contribution >= 0.6 is 12.2 Å². The first-order valence-corrected chi connectivity index (χ1v) is 6.39. The first kappa shape index (κ1) is 11.3. The highest BCUT2D eigenvalue weighted by Gasteiger charge is 2.26. The fourth-order valence-electron chi connectivity index (χ4n) is 1.96. The van der Waals surface area contributed by atoms with E-state index in [4.69, 9.17) is 18.0 Å². The van der Waals surface area contributed by atoms with Crippen LogP contribution in [0.15, 0.2) is 24.4 Å². The molecule has 0 amide bonds. The maximum absolute atomic E-state index is 5.73. The predicted octanol–water partition coefficient (Wildman–Crippen LogP) is 2.09. The molecular weight excluding hydrogens is 244 g/mol. The molecule has 4 nitrogen and oxygen atoms in total. The van der Waals surface area contributed by atoms with Gasteiger partial charge in [-0.05, 0) is 38.0 Å². The lowest BCUT2D eigenvalue weighted by atomic mass is 10.2. The molecule has 1 saturated carbocycles. The summed E-state index contributed by atoms with van der Waals surface area (Å²) in [7, 11) is 0. The van der Waals surface area contributed by atoms with Gasteiger partial charge >= 0.3 is 0 Å². The van der Waals surface area contributed by atoms with Gasteiger partial charge in [0.05, 0.1) is 11.3 Å². The van der Waals surface area contributed by atoms with Gasteiger partial charge in [-0.15, -0.1) is 0 Å². The summed E-state index contributed by atoms with van der Waals surface area (Å²) >= 11 is 5.06. The van der Waals surface area contributed by atoms with Gasteiger partial charge in [-0.25, -0.2) is 9.67 Å². The molecule has 92 valence electrons. The summed E-state index contributed by atoms with van der Waals surface area (Å²) in [4.78, 5) is 4.84. The van der Waals surface area contributed by atoms with Gasteiger partial charge in [-0.2, -0.15) is 5.10 Å². The van der Waals surface area contributed by atoms with Crippen LogP contribution in [-0.4, -0.2) is 19.8 Å². The standard InChI is InChI=1S/C13H14N4S/c1-8-2-5-10(12(14)18)13(15-8)17-7-6-11(16-17)9-3-4-9/h2,5-7,9H,3-4H2,1H3,(H2,14,18). The van der Waals surface area contributed by atoms with E-state index in [-0.39, 0.29) is 0 Å². The van der Waals surface area contributed by atoms with E-state index in [0.29, 0.717) is 10.9 Å². The molecule has 18 heavy (non-hydrogen) atoms. The lowest BCUT2D eigenvalue weighted by Crippen LogP contribution is -2.15. The van der Waals surface area contributed by atoms with Crippen LogP contribution in [0.5, 0.6) is 0 Å². The van der Waals surface area contributed by atoms with Crippen molar-refractivity contribution in [3.05, 3.63) is 41.3 Å². The third kappa shape index (κ3) is 2.01.